The molecule has 0 spiro atoms. The number of nitro benzene ring substituents is 1. The molecular formula is C16H14N2O3. The molecule has 0 bridgehead atoms. The molecular weight excluding hydrogens is 268 g/mol. The van der Waals surface area contributed by atoms with Crippen LogP contribution in [0.2, 0.25) is 0 Å². The third-order valence-corrected chi connectivity index (χ3v) is 3.67. The molecule has 106 valence electrons. The molecule has 1 heterocycles. The molecule has 2 aromatic rings. The number of anilines is 1. The average Bonchev–Trinajstić information content (AvgIpc) is 2.80. The molecule has 0 fully saturated rings. The molecule has 0 radical (unpaired) electrons. The highest BCUT2D eigenvalue weighted by atomic mass is 16.6. The van der Waals surface area contributed by atoms with Crippen molar-refractivity contribution < 1.29 is 9.72 Å². The molecule has 1 amide bonds. The maximum atomic E-state index is 12.1. The molecule has 0 atom stereocenters. The van der Waals surface area contributed by atoms with Gasteiger partial charge in [-0.1, -0.05) is 30.3 Å². The van der Waals surface area contributed by atoms with Crippen molar-refractivity contribution >= 4 is 17.3 Å². The Kier molecular flexibility index (Phi) is 3.39. The quantitative estimate of drug-likeness (QED) is 0.639. The van der Waals surface area contributed by atoms with E-state index >= 15 is 0 Å². The third-order valence-electron chi connectivity index (χ3n) is 3.67. The summed E-state index contributed by atoms with van der Waals surface area (Å²) in [6.45, 7) is 0.591. The zero-order chi connectivity index (χ0) is 14.8. The Morgan fingerprint density at radius 1 is 1.14 bits per heavy atom. The predicted molar refractivity (Wildman–Crippen MR) is 79.3 cm³/mol. The SMILES string of the molecule is O=C1Cc2cc([N+](=O)[O-])ccc2N1CCc1ccccc1. The fourth-order valence-corrected chi connectivity index (χ4v) is 2.61. The predicted octanol–water partition coefficient (Wildman–Crippen LogP) is 2.73. The lowest BCUT2D eigenvalue weighted by Crippen LogP contribution is -2.28. The molecule has 0 saturated carbocycles. The molecule has 0 aliphatic carbocycles. The first-order valence-electron chi connectivity index (χ1n) is 6.77. The highest BCUT2D eigenvalue weighted by Gasteiger charge is 2.28. The summed E-state index contributed by atoms with van der Waals surface area (Å²) < 4.78 is 0. The second-order valence-corrected chi connectivity index (χ2v) is 5.03. The van der Waals surface area contributed by atoms with Crippen molar-refractivity contribution in [1.82, 2.24) is 0 Å². The van der Waals surface area contributed by atoms with Gasteiger partial charge in [-0.05, 0) is 23.6 Å². The maximum Gasteiger partial charge on any atom is 0.269 e. The lowest BCUT2D eigenvalue weighted by Gasteiger charge is -2.17. The number of benzene rings is 2. The van der Waals surface area contributed by atoms with Gasteiger partial charge in [0.05, 0.1) is 11.3 Å². The Morgan fingerprint density at radius 3 is 2.62 bits per heavy atom. The van der Waals surface area contributed by atoms with Crippen molar-refractivity contribution in [3.63, 3.8) is 0 Å². The Bertz CT molecular complexity index is 698. The van der Waals surface area contributed by atoms with Gasteiger partial charge >= 0.3 is 0 Å². The number of carbonyl (C=O) groups is 1. The summed E-state index contributed by atoms with van der Waals surface area (Å²) in [7, 11) is 0. The van der Waals surface area contributed by atoms with Crippen molar-refractivity contribution in [3.8, 4) is 0 Å². The van der Waals surface area contributed by atoms with E-state index in [0.29, 0.717) is 6.54 Å². The first-order valence-corrected chi connectivity index (χ1v) is 6.77. The van der Waals surface area contributed by atoms with Crippen LogP contribution >= 0.6 is 0 Å². The summed E-state index contributed by atoms with van der Waals surface area (Å²) >= 11 is 0. The van der Waals surface area contributed by atoms with Gasteiger partial charge in [0.25, 0.3) is 5.69 Å². The second-order valence-electron chi connectivity index (χ2n) is 5.03. The highest BCUT2D eigenvalue weighted by molar-refractivity contribution is 6.01. The van der Waals surface area contributed by atoms with Crippen molar-refractivity contribution in [1.29, 1.82) is 0 Å². The van der Waals surface area contributed by atoms with Gasteiger partial charge in [-0.3, -0.25) is 14.9 Å². The number of hydrogen-bond donors (Lipinski definition) is 0. The van der Waals surface area contributed by atoms with Crippen LogP contribution in [0.25, 0.3) is 0 Å². The number of carbonyl (C=O) groups excluding carboxylic acids is 1. The van der Waals surface area contributed by atoms with E-state index in [9.17, 15) is 14.9 Å². The molecule has 0 aromatic heterocycles. The van der Waals surface area contributed by atoms with Crippen molar-refractivity contribution in [3.05, 3.63) is 69.8 Å². The Balaban J connectivity index is 1.79. The molecule has 0 N–H and O–H groups in total. The molecule has 5 heteroatoms. The van der Waals surface area contributed by atoms with Crippen molar-refractivity contribution in [2.24, 2.45) is 0 Å². The van der Waals surface area contributed by atoms with Crippen LogP contribution in [0.1, 0.15) is 11.1 Å². The monoisotopic (exact) mass is 282 g/mol. The van der Waals surface area contributed by atoms with Crippen LogP contribution in [0.15, 0.2) is 48.5 Å². The van der Waals surface area contributed by atoms with Crippen molar-refractivity contribution in [2.45, 2.75) is 12.8 Å². The fraction of sp³-hybridized carbons (Fsp3) is 0.188. The number of rotatable bonds is 4. The van der Waals surface area contributed by atoms with E-state index in [-0.39, 0.29) is 18.0 Å². The number of non-ortho nitro benzene ring substituents is 1. The first-order chi connectivity index (χ1) is 10.1. The Labute approximate surface area is 122 Å². The van der Waals surface area contributed by atoms with E-state index < -0.39 is 4.92 Å². The van der Waals surface area contributed by atoms with E-state index in [1.54, 1.807) is 11.0 Å². The largest absolute Gasteiger partial charge is 0.312 e. The van der Waals surface area contributed by atoms with Gasteiger partial charge in [0.15, 0.2) is 0 Å². The van der Waals surface area contributed by atoms with Crippen LogP contribution in [0, 0.1) is 10.1 Å². The zero-order valence-corrected chi connectivity index (χ0v) is 11.4. The lowest BCUT2D eigenvalue weighted by atomic mass is 10.1. The molecule has 1 aliphatic rings. The number of nitrogens with zero attached hydrogens (tertiary/aromatic N) is 2. The van der Waals surface area contributed by atoms with E-state index in [2.05, 4.69) is 0 Å². The maximum absolute atomic E-state index is 12.1. The number of nitro groups is 1. The average molecular weight is 282 g/mol. The van der Waals surface area contributed by atoms with E-state index in [1.807, 2.05) is 30.3 Å². The van der Waals surface area contributed by atoms with E-state index in [0.717, 1.165) is 17.7 Å². The summed E-state index contributed by atoms with van der Waals surface area (Å²) in [5.41, 5.74) is 2.73. The molecule has 21 heavy (non-hydrogen) atoms. The molecule has 1 aliphatic heterocycles. The second kappa shape index (κ2) is 5.36. The normalized spacial score (nSPS) is 13.3. The van der Waals surface area contributed by atoms with Crippen LogP contribution in [-0.4, -0.2) is 17.4 Å². The Morgan fingerprint density at radius 2 is 1.90 bits per heavy atom. The first kappa shape index (κ1) is 13.3. The van der Waals surface area contributed by atoms with E-state index in [1.165, 1.54) is 17.7 Å². The highest BCUT2D eigenvalue weighted by Crippen LogP contribution is 2.31. The molecule has 0 saturated heterocycles. The molecule has 5 nitrogen and oxygen atoms in total. The van der Waals surface area contributed by atoms with E-state index in [4.69, 9.17) is 0 Å². The van der Waals surface area contributed by atoms with Crippen molar-refractivity contribution in [2.75, 3.05) is 11.4 Å². The van der Waals surface area contributed by atoms with Crippen LogP contribution in [-0.2, 0) is 17.6 Å². The summed E-state index contributed by atoms with van der Waals surface area (Å²) in [5.74, 6) is 0.00132. The van der Waals surface area contributed by atoms with Gasteiger partial charge in [-0.2, -0.15) is 0 Å². The van der Waals surface area contributed by atoms with Gasteiger partial charge in [0, 0.05) is 24.4 Å². The van der Waals surface area contributed by atoms with Gasteiger partial charge in [-0.15, -0.1) is 0 Å². The number of hydrogen-bond acceptors (Lipinski definition) is 3. The van der Waals surface area contributed by atoms with Crippen LogP contribution < -0.4 is 4.90 Å². The minimum atomic E-state index is -0.433. The smallest absolute Gasteiger partial charge is 0.269 e. The third kappa shape index (κ3) is 2.63. The molecule has 2 aromatic carbocycles. The van der Waals surface area contributed by atoms with Gasteiger partial charge in [-0.25, -0.2) is 0 Å². The van der Waals surface area contributed by atoms with Gasteiger partial charge in [0.1, 0.15) is 0 Å². The zero-order valence-electron chi connectivity index (χ0n) is 11.4. The summed E-state index contributed by atoms with van der Waals surface area (Å²) in [4.78, 5) is 24.2. The minimum Gasteiger partial charge on any atom is -0.312 e. The molecule has 3 rings (SSSR count). The van der Waals surface area contributed by atoms with Crippen LogP contribution in [0.5, 0.6) is 0 Å². The minimum absolute atomic E-state index is 0.00132. The standard InChI is InChI=1S/C16H14N2O3/c19-16-11-13-10-14(18(20)21)6-7-15(13)17(16)9-8-12-4-2-1-3-5-12/h1-7,10H,8-9,11H2. The lowest BCUT2D eigenvalue weighted by molar-refractivity contribution is -0.384. The summed E-state index contributed by atoms with van der Waals surface area (Å²) in [6.07, 6.45) is 1.01. The fourth-order valence-electron chi connectivity index (χ4n) is 2.61. The topological polar surface area (TPSA) is 63.4 Å². The number of amides is 1. The summed E-state index contributed by atoms with van der Waals surface area (Å²) in [5, 5.41) is 10.8. The number of fused-ring (bicyclic) bond motifs is 1. The van der Waals surface area contributed by atoms with Crippen LogP contribution in [0.3, 0.4) is 0 Å². The Hall–Kier alpha value is -2.69. The molecule has 0 unspecified atom stereocenters. The van der Waals surface area contributed by atoms with Gasteiger partial charge < -0.3 is 4.90 Å². The van der Waals surface area contributed by atoms with Crippen LogP contribution in [0.4, 0.5) is 11.4 Å². The van der Waals surface area contributed by atoms with Gasteiger partial charge in [0.2, 0.25) is 5.91 Å². The summed E-state index contributed by atoms with van der Waals surface area (Å²) in [6, 6.07) is 14.6.